The minimum atomic E-state index is -0.915. The van der Waals surface area contributed by atoms with Gasteiger partial charge in [-0.3, -0.25) is 4.79 Å². The van der Waals surface area contributed by atoms with Crippen molar-refractivity contribution in [2.45, 2.75) is 19.4 Å². The van der Waals surface area contributed by atoms with Crippen molar-refractivity contribution in [2.24, 2.45) is 0 Å². The second-order valence-electron chi connectivity index (χ2n) is 7.03. The first-order chi connectivity index (χ1) is 13.8. The number of carbonyl (C=O) groups excluding carboxylic acids is 1. The van der Waals surface area contributed by atoms with Crippen LogP contribution in [0.25, 0.3) is 11.0 Å². The molecule has 1 N–H and O–H groups in total. The number of hydrogen-bond acceptors (Lipinski definition) is 4. The van der Waals surface area contributed by atoms with E-state index in [1.807, 2.05) is 0 Å². The van der Waals surface area contributed by atoms with Crippen LogP contribution >= 0.6 is 11.6 Å². The standard InChI is InChI=1S/C20H18ClF2N3O3/c1-9-24-12-6-10(20(27)26(2)3)7-15(19(12)25-9)29-13-4-5-28-14-8-11(22)17(21)18(23)16(13)14/h6-8,13H,4-5H2,1-3H3,(H,24,25)/t13-/m0/s1. The maximum absolute atomic E-state index is 14.7. The smallest absolute Gasteiger partial charge is 0.253 e. The summed E-state index contributed by atoms with van der Waals surface area (Å²) in [5.41, 5.74) is 1.58. The van der Waals surface area contributed by atoms with E-state index < -0.39 is 22.8 Å². The Kier molecular flexibility index (Phi) is 4.82. The second kappa shape index (κ2) is 7.18. The molecule has 2 heterocycles. The first-order valence-corrected chi connectivity index (χ1v) is 9.33. The quantitative estimate of drug-likeness (QED) is 0.636. The molecule has 2 aromatic carbocycles. The minimum Gasteiger partial charge on any atom is -0.493 e. The molecule has 4 rings (SSSR count). The van der Waals surface area contributed by atoms with Crippen molar-refractivity contribution in [3.8, 4) is 11.5 Å². The SMILES string of the molecule is Cc1nc2c(O[C@H]3CCOc4cc(F)c(Cl)c(F)c43)cc(C(=O)N(C)C)cc2[nH]1. The van der Waals surface area contributed by atoms with E-state index in [1.165, 1.54) is 4.90 Å². The highest BCUT2D eigenvalue weighted by molar-refractivity contribution is 6.31. The number of aryl methyl sites for hydroxylation is 1. The first kappa shape index (κ1) is 19.4. The van der Waals surface area contributed by atoms with Crippen LogP contribution in [0.5, 0.6) is 11.5 Å². The number of aromatic nitrogens is 2. The molecule has 3 aromatic rings. The van der Waals surface area contributed by atoms with Gasteiger partial charge >= 0.3 is 0 Å². The third kappa shape index (κ3) is 3.37. The number of rotatable bonds is 3. The van der Waals surface area contributed by atoms with Crippen molar-refractivity contribution in [3.63, 3.8) is 0 Å². The van der Waals surface area contributed by atoms with E-state index in [-0.39, 0.29) is 23.8 Å². The lowest BCUT2D eigenvalue weighted by atomic mass is 10.0. The Balaban J connectivity index is 1.82. The lowest BCUT2D eigenvalue weighted by Crippen LogP contribution is -2.22. The second-order valence-corrected chi connectivity index (χ2v) is 7.41. The van der Waals surface area contributed by atoms with Gasteiger partial charge in [-0.15, -0.1) is 0 Å². The molecule has 0 saturated carbocycles. The van der Waals surface area contributed by atoms with Crippen LogP contribution in [0.3, 0.4) is 0 Å². The van der Waals surface area contributed by atoms with Gasteiger partial charge in [0.05, 0.1) is 17.7 Å². The Labute approximate surface area is 170 Å². The van der Waals surface area contributed by atoms with Gasteiger partial charge in [-0.25, -0.2) is 13.8 Å². The number of amides is 1. The highest BCUT2D eigenvalue weighted by Gasteiger charge is 2.31. The molecular weight excluding hydrogens is 404 g/mol. The lowest BCUT2D eigenvalue weighted by Gasteiger charge is -2.27. The summed E-state index contributed by atoms with van der Waals surface area (Å²) in [7, 11) is 3.29. The Morgan fingerprint density at radius 3 is 2.83 bits per heavy atom. The molecule has 6 nitrogen and oxygen atoms in total. The van der Waals surface area contributed by atoms with Crippen LogP contribution in [0, 0.1) is 18.6 Å². The summed E-state index contributed by atoms with van der Waals surface area (Å²) >= 11 is 5.75. The number of fused-ring (bicyclic) bond motifs is 2. The van der Waals surface area contributed by atoms with Crippen LogP contribution in [0.4, 0.5) is 8.78 Å². The molecule has 0 unspecified atom stereocenters. The number of nitrogens with one attached hydrogen (secondary N) is 1. The summed E-state index contributed by atoms with van der Waals surface area (Å²) < 4.78 is 40.0. The number of halogens is 3. The zero-order valence-electron chi connectivity index (χ0n) is 16.0. The molecule has 0 radical (unpaired) electrons. The molecule has 0 bridgehead atoms. The van der Waals surface area contributed by atoms with Gasteiger partial charge in [0.25, 0.3) is 5.91 Å². The maximum atomic E-state index is 14.7. The van der Waals surface area contributed by atoms with Crippen LogP contribution in [-0.2, 0) is 0 Å². The normalized spacial score (nSPS) is 15.7. The number of carbonyl (C=O) groups is 1. The summed E-state index contributed by atoms with van der Waals surface area (Å²) in [5.74, 6) is -1.02. The number of imidazole rings is 1. The van der Waals surface area contributed by atoms with Crippen molar-refractivity contribution in [2.75, 3.05) is 20.7 Å². The molecule has 0 saturated heterocycles. The number of nitrogens with zero attached hydrogens (tertiary/aromatic N) is 2. The van der Waals surface area contributed by atoms with Gasteiger partial charge in [0.1, 0.15) is 39.8 Å². The van der Waals surface area contributed by atoms with Crippen LogP contribution in [-0.4, -0.2) is 41.5 Å². The van der Waals surface area contributed by atoms with E-state index in [0.29, 0.717) is 34.6 Å². The molecule has 1 atom stereocenters. The number of H-pyrrole nitrogens is 1. The van der Waals surface area contributed by atoms with E-state index >= 15 is 0 Å². The third-order valence-corrected chi connectivity index (χ3v) is 5.06. The molecule has 1 amide bonds. The number of ether oxygens (including phenoxy) is 2. The van der Waals surface area contributed by atoms with Crippen LogP contribution in [0.2, 0.25) is 5.02 Å². The van der Waals surface area contributed by atoms with Crippen molar-refractivity contribution in [1.29, 1.82) is 0 Å². The molecule has 152 valence electrons. The molecular formula is C20H18ClF2N3O3. The third-order valence-electron chi connectivity index (χ3n) is 4.71. The van der Waals surface area contributed by atoms with Gasteiger partial charge < -0.3 is 19.4 Å². The molecule has 1 aliphatic heterocycles. The summed E-state index contributed by atoms with van der Waals surface area (Å²) in [6.07, 6.45) is -0.454. The van der Waals surface area contributed by atoms with E-state index in [4.69, 9.17) is 21.1 Å². The Morgan fingerprint density at radius 2 is 2.10 bits per heavy atom. The van der Waals surface area contributed by atoms with Gasteiger partial charge in [0, 0.05) is 32.1 Å². The minimum absolute atomic E-state index is 0.0485. The zero-order valence-corrected chi connectivity index (χ0v) is 16.7. The number of benzene rings is 2. The zero-order chi connectivity index (χ0) is 20.9. The summed E-state index contributed by atoms with van der Waals surface area (Å²) in [5, 5.41) is -0.611. The number of hydrogen-bond donors (Lipinski definition) is 1. The predicted molar refractivity (Wildman–Crippen MR) is 104 cm³/mol. The van der Waals surface area contributed by atoms with Gasteiger partial charge in [0.2, 0.25) is 0 Å². The lowest BCUT2D eigenvalue weighted by molar-refractivity contribution is 0.0826. The summed E-state index contributed by atoms with van der Waals surface area (Å²) in [4.78, 5) is 21.4. The van der Waals surface area contributed by atoms with Gasteiger partial charge in [-0.2, -0.15) is 0 Å². The molecule has 1 aliphatic rings. The average Bonchev–Trinajstić information content (AvgIpc) is 3.05. The largest absolute Gasteiger partial charge is 0.493 e. The average molecular weight is 422 g/mol. The Bertz CT molecular complexity index is 1130. The highest BCUT2D eigenvalue weighted by Crippen LogP contribution is 2.42. The van der Waals surface area contributed by atoms with Crippen molar-refractivity contribution < 1.29 is 23.0 Å². The van der Waals surface area contributed by atoms with Crippen LogP contribution in [0.15, 0.2) is 18.2 Å². The fourth-order valence-electron chi connectivity index (χ4n) is 3.38. The first-order valence-electron chi connectivity index (χ1n) is 8.95. The number of aromatic amines is 1. The molecule has 0 aliphatic carbocycles. The van der Waals surface area contributed by atoms with E-state index in [2.05, 4.69) is 9.97 Å². The highest BCUT2D eigenvalue weighted by atomic mass is 35.5. The van der Waals surface area contributed by atoms with Gasteiger partial charge in [-0.05, 0) is 19.1 Å². The van der Waals surface area contributed by atoms with Gasteiger partial charge in [-0.1, -0.05) is 11.6 Å². The molecule has 0 fully saturated rings. The predicted octanol–water partition coefficient (Wildman–Crippen LogP) is 4.41. The van der Waals surface area contributed by atoms with Crippen molar-refractivity contribution >= 4 is 28.5 Å². The maximum Gasteiger partial charge on any atom is 0.253 e. The summed E-state index contributed by atoms with van der Waals surface area (Å²) in [6, 6.07) is 4.31. The molecule has 29 heavy (non-hydrogen) atoms. The summed E-state index contributed by atoms with van der Waals surface area (Å²) in [6.45, 7) is 2.00. The molecule has 9 heteroatoms. The van der Waals surface area contributed by atoms with Crippen LogP contribution in [0.1, 0.15) is 34.3 Å². The fraction of sp³-hybridized carbons (Fsp3) is 0.300. The molecule has 0 spiro atoms. The monoisotopic (exact) mass is 421 g/mol. The van der Waals surface area contributed by atoms with E-state index in [0.717, 1.165) is 6.07 Å². The fourth-order valence-corrected chi connectivity index (χ4v) is 3.54. The topological polar surface area (TPSA) is 67.5 Å². The van der Waals surface area contributed by atoms with E-state index in [1.54, 1.807) is 33.2 Å². The molecule has 1 aromatic heterocycles. The van der Waals surface area contributed by atoms with Gasteiger partial charge in [0.15, 0.2) is 5.82 Å². The Morgan fingerprint density at radius 1 is 1.34 bits per heavy atom. The Hall–Kier alpha value is -2.87. The van der Waals surface area contributed by atoms with Crippen molar-refractivity contribution in [3.05, 3.63) is 51.8 Å². The van der Waals surface area contributed by atoms with Crippen LogP contribution < -0.4 is 9.47 Å². The van der Waals surface area contributed by atoms with E-state index in [9.17, 15) is 13.6 Å². The van der Waals surface area contributed by atoms with Crippen molar-refractivity contribution in [1.82, 2.24) is 14.9 Å².